The van der Waals surface area contributed by atoms with Crippen LogP contribution in [0.15, 0.2) is 4.52 Å². The monoisotopic (exact) mass is 283 g/mol. The first kappa shape index (κ1) is 17.1. The highest BCUT2D eigenvalue weighted by Crippen LogP contribution is 2.35. The summed E-state index contributed by atoms with van der Waals surface area (Å²) in [4.78, 5) is 4.59. The van der Waals surface area contributed by atoms with E-state index in [0.29, 0.717) is 24.4 Å². The highest BCUT2D eigenvalue weighted by atomic mass is 16.5. The van der Waals surface area contributed by atoms with Gasteiger partial charge in [0.2, 0.25) is 11.7 Å². The van der Waals surface area contributed by atoms with E-state index in [-0.39, 0.29) is 17.4 Å². The van der Waals surface area contributed by atoms with E-state index in [1.165, 1.54) is 0 Å². The number of nitrogens with one attached hydrogen (secondary N) is 1. The van der Waals surface area contributed by atoms with Gasteiger partial charge in [-0.25, -0.2) is 0 Å². The summed E-state index contributed by atoms with van der Waals surface area (Å²) in [6.45, 7) is 13.2. The van der Waals surface area contributed by atoms with E-state index in [2.05, 4.69) is 50.1 Å². The number of ether oxygens (including phenoxy) is 1. The fourth-order valence-electron chi connectivity index (χ4n) is 2.33. The molecule has 5 heteroatoms. The third-order valence-corrected chi connectivity index (χ3v) is 3.63. The van der Waals surface area contributed by atoms with Crippen LogP contribution in [0.4, 0.5) is 0 Å². The molecule has 3 atom stereocenters. The van der Waals surface area contributed by atoms with Gasteiger partial charge in [-0.15, -0.1) is 0 Å². The van der Waals surface area contributed by atoms with Gasteiger partial charge in [0.05, 0.1) is 5.92 Å². The second kappa shape index (κ2) is 7.18. The summed E-state index contributed by atoms with van der Waals surface area (Å²) in [6.07, 6.45) is 0.811. The fourth-order valence-corrected chi connectivity index (χ4v) is 2.33. The number of aromatic nitrogens is 2. The van der Waals surface area contributed by atoms with Crippen LogP contribution in [0.5, 0.6) is 0 Å². The van der Waals surface area contributed by atoms with E-state index in [1.807, 2.05) is 14.0 Å². The highest BCUT2D eigenvalue weighted by Gasteiger charge is 2.32. The number of nitrogens with zero attached hydrogens (tertiary/aromatic N) is 2. The Kier molecular flexibility index (Phi) is 6.14. The van der Waals surface area contributed by atoms with Crippen LogP contribution in [0, 0.1) is 5.41 Å². The van der Waals surface area contributed by atoms with Crippen molar-refractivity contribution < 1.29 is 9.26 Å². The van der Waals surface area contributed by atoms with Gasteiger partial charge >= 0.3 is 0 Å². The third-order valence-electron chi connectivity index (χ3n) is 3.63. The van der Waals surface area contributed by atoms with Gasteiger partial charge in [-0.3, -0.25) is 0 Å². The van der Waals surface area contributed by atoms with Gasteiger partial charge in [-0.05, 0) is 32.7 Å². The molecular formula is C15H29N3O2. The van der Waals surface area contributed by atoms with Crippen LogP contribution >= 0.6 is 0 Å². The van der Waals surface area contributed by atoms with Crippen molar-refractivity contribution in [2.45, 2.75) is 66.0 Å². The lowest BCUT2D eigenvalue weighted by atomic mass is 9.88. The Morgan fingerprint density at radius 3 is 2.40 bits per heavy atom. The molecular weight excluding hydrogens is 254 g/mol. The molecule has 1 N–H and O–H groups in total. The molecule has 0 saturated carbocycles. The fraction of sp³-hybridized carbons (Fsp3) is 0.867. The maximum Gasteiger partial charge on any atom is 0.231 e. The Balaban J connectivity index is 2.99. The Morgan fingerprint density at radius 2 is 1.95 bits per heavy atom. The molecule has 0 amide bonds. The van der Waals surface area contributed by atoms with Gasteiger partial charge < -0.3 is 14.6 Å². The van der Waals surface area contributed by atoms with Crippen LogP contribution in [0.2, 0.25) is 0 Å². The van der Waals surface area contributed by atoms with E-state index in [0.717, 1.165) is 6.42 Å². The van der Waals surface area contributed by atoms with Crippen molar-refractivity contribution in [2.24, 2.45) is 5.41 Å². The zero-order valence-electron chi connectivity index (χ0n) is 13.9. The van der Waals surface area contributed by atoms with Crippen LogP contribution in [0.1, 0.15) is 71.7 Å². The minimum Gasteiger partial charge on any atom is -0.370 e. The third kappa shape index (κ3) is 4.03. The summed E-state index contributed by atoms with van der Waals surface area (Å²) in [5.41, 5.74) is -0.0620. The first-order valence-electron chi connectivity index (χ1n) is 7.47. The number of likely N-dealkylation sites (N-methyl/N-ethyl adjacent to an activating group) is 1. The molecule has 5 nitrogen and oxygen atoms in total. The van der Waals surface area contributed by atoms with Crippen LogP contribution < -0.4 is 5.32 Å². The van der Waals surface area contributed by atoms with Crippen LogP contribution in [-0.4, -0.2) is 29.8 Å². The van der Waals surface area contributed by atoms with Crippen molar-refractivity contribution in [2.75, 3.05) is 13.7 Å². The van der Waals surface area contributed by atoms with Gasteiger partial charge in [0.15, 0.2) is 0 Å². The molecule has 0 aromatic carbocycles. The molecule has 0 bridgehead atoms. The molecule has 116 valence electrons. The summed E-state index contributed by atoms with van der Waals surface area (Å²) < 4.78 is 11.3. The smallest absolute Gasteiger partial charge is 0.231 e. The average Bonchev–Trinajstić information content (AvgIpc) is 2.84. The summed E-state index contributed by atoms with van der Waals surface area (Å²) in [5.74, 6) is 1.57. The first-order valence-corrected chi connectivity index (χ1v) is 7.47. The molecule has 20 heavy (non-hydrogen) atoms. The molecule has 1 aromatic rings. The molecule has 0 aliphatic rings. The molecule has 1 rings (SSSR count). The summed E-state index contributed by atoms with van der Waals surface area (Å²) in [6, 6.07) is 0.300. The van der Waals surface area contributed by atoms with Gasteiger partial charge in [0.1, 0.15) is 6.10 Å². The van der Waals surface area contributed by atoms with Gasteiger partial charge in [0, 0.05) is 12.6 Å². The van der Waals surface area contributed by atoms with E-state index in [1.54, 1.807) is 0 Å². The van der Waals surface area contributed by atoms with Gasteiger partial charge in [0.25, 0.3) is 0 Å². The van der Waals surface area contributed by atoms with Crippen molar-refractivity contribution >= 4 is 0 Å². The maximum absolute atomic E-state index is 5.81. The average molecular weight is 283 g/mol. The Labute approximate surface area is 122 Å². The van der Waals surface area contributed by atoms with Crippen LogP contribution in [0.25, 0.3) is 0 Å². The number of hydrogen-bond acceptors (Lipinski definition) is 5. The van der Waals surface area contributed by atoms with E-state index in [9.17, 15) is 0 Å². The van der Waals surface area contributed by atoms with E-state index >= 15 is 0 Å². The molecule has 1 heterocycles. The Morgan fingerprint density at radius 1 is 1.30 bits per heavy atom. The minimum absolute atomic E-state index is 0.0620. The van der Waals surface area contributed by atoms with Crippen molar-refractivity contribution in [3.05, 3.63) is 11.7 Å². The highest BCUT2D eigenvalue weighted by molar-refractivity contribution is 5.02. The molecule has 0 radical (unpaired) electrons. The lowest BCUT2D eigenvalue weighted by Gasteiger charge is -2.27. The van der Waals surface area contributed by atoms with E-state index in [4.69, 9.17) is 9.26 Å². The molecule has 0 fully saturated rings. The Bertz CT molecular complexity index is 398. The largest absolute Gasteiger partial charge is 0.370 e. The van der Waals surface area contributed by atoms with Crippen molar-refractivity contribution in [1.82, 2.24) is 15.5 Å². The van der Waals surface area contributed by atoms with Crippen molar-refractivity contribution in [3.8, 4) is 0 Å². The maximum atomic E-state index is 5.81. The zero-order valence-corrected chi connectivity index (χ0v) is 13.9. The number of rotatable bonds is 7. The second-order valence-corrected chi connectivity index (χ2v) is 6.28. The summed E-state index contributed by atoms with van der Waals surface area (Å²) in [5, 5.41) is 7.40. The topological polar surface area (TPSA) is 60.2 Å². The molecule has 0 aliphatic carbocycles. The molecule has 0 spiro atoms. The van der Waals surface area contributed by atoms with Crippen molar-refractivity contribution in [1.29, 1.82) is 0 Å². The molecule has 1 aromatic heterocycles. The summed E-state index contributed by atoms with van der Waals surface area (Å²) >= 11 is 0. The SMILES string of the molecule is CCOC(c1noc(C(CC)C(C)NC)n1)C(C)(C)C. The second-order valence-electron chi connectivity index (χ2n) is 6.28. The first-order chi connectivity index (χ1) is 9.35. The summed E-state index contributed by atoms with van der Waals surface area (Å²) in [7, 11) is 1.95. The quantitative estimate of drug-likeness (QED) is 0.832. The lowest BCUT2D eigenvalue weighted by Crippen LogP contribution is -2.29. The molecule has 0 saturated heterocycles. The standard InChI is InChI=1S/C15H29N3O2/c1-8-11(10(3)16-7)14-17-13(18-20-14)12(19-9-2)15(4,5)6/h10-12,16H,8-9H2,1-7H3. The molecule has 0 aliphatic heterocycles. The normalized spacial score (nSPS) is 16.9. The Hall–Kier alpha value is -0.940. The predicted molar refractivity (Wildman–Crippen MR) is 79.7 cm³/mol. The molecule has 3 unspecified atom stereocenters. The van der Waals surface area contributed by atoms with Crippen LogP contribution in [0.3, 0.4) is 0 Å². The predicted octanol–water partition coefficient (Wildman–Crippen LogP) is 3.29. The van der Waals surface area contributed by atoms with Gasteiger partial charge in [-0.1, -0.05) is 32.9 Å². The van der Waals surface area contributed by atoms with Crippen LogP contribution in [-0.2, 0) is 4.74 Å². The van der Waals surface area contributed by atoms with Crippen molar-refractivity contribution in [3.63, 3.8) is 0 Å². The zero-order chi connectivity index (χ0) is 15.3. The van der Waals surface area contributed by atoms with E-state index < -0.39 is 0 Å². The van der Waals surface area contributed by atoms with Gasteiger partial charge in [-0.2, -0.15) is 4.98 Å². The minimum atomic E-state index is -0.146. The number of hydrogen-bond donors (Lipinski definition) is 1. The lowest BCUT2D eigenvalue weighted by molar-refractivity contribution is -0.0203.